The standard InChI is InChI=1S/C14H20FNO2/c1-9(2)14(4,18)8-16-13(17)11-6-5-10(3)12(15)7-11/h5-7,9,18H,8H2,1-4H3,(H,16,17). The van der Waals surface area contributed by atoms with Crippen molar-refractivity contribution < 1.29 is 14.3 Å². The molecule has 1 rings (SSSR count). The van der Waals surface area contributed by atoms with Gasteiger partial charge in [0.25, 0.3) is 5.91 Å². The molecular weight excluding hydrogens is 233 g/mol. The number of amides is 1. The van der Waals surface area contributed by atoms with Crippen molar-refractivity contribution in [2.24, 2.45) is 5.92 Å². The van der Waals surface area contributed by atoms with Crippen LogP contribution in [0, 0.1) is 18.7 Å². The predicted octanol–water partition coefficient (Wildman–Crippen LogP) is 2.27. The number of hydrogen-bond acceptors (Lipinski definition) is 2. The van der Waals surface area contributed by atoms with Crippen LogP contribution in [0.5, 0.6) is 0 Å². The summed E-state index contributed by atoms with van der Waals surface area (Å²) < 4.78 is 13.3. The highest BCUT2D eigenvalue weighted by Crippen LogP contribution is 2.15. The second-order valence-corrected chi connectivity index (χ2v) is 5.16. The van der Waals surface area contributed by atoms with Crippen molar-refractivity contribution in [1.82, 2.24) is 5.32 Å². The lowest BCUT2D eigenvalue weighted by Crippen LogP contribution is -2.44. The van der Waals surface area contributed by atoms with Crippen molar-refractivity contribution in [3.8, 4) is 0 Å². The van der Waals surface area contributed by atoms with E-state index < -0.39 is 11.4 Å². The Morgan fingerprint density at radius 1 is 1.50 bits per heavy atom. The van der Waals surface area contributed by atoms with E-state index in [-0.39, 0.29) is 23.9 Å². The lowest BCUT2D eigenvalue weighted by Gasteiger charge is -2.27. The first kappa shape index (κ1) is 14.6. The van der Waals surface area contributed by atoms with Crippen molar-refractivity contribution in [3.63, 3.8) is 0 Å². The Bertz CT molecular complexity index is 441. The first-order valence-corrected chi connectivity index (χ1v) is 6.01. The number of carbonyl (C=O) groups excluding carboxylic acids is 1. The molecule has 1 aromatic rings. The molecule has 100 valence electrons. The molecule has 1 atom stereocenters. The molecule has 0 saturated heterocycles. The maximum Gasteiger partial charge on any atom is 0.251 e. The fourth-order valence-corrected chi connectivity index (χ4v) is 1.30. The van der Waals surface area contributed by atoms with Crippen LogP contribution in [0.4, 0.5) is 4.39 Å². The first-order chi connectivity index (χ1) is 8.24. The van der Waals surface area contributed by atoms with Crippen molar-refractivity contribution in [2.75, 3.05) is 6.54 Å². The van der Waals surface area contributed by atoms with E-state index in [2.05, 4.69) is 5.32 Å². The van der Waals surface area contributed by atoms with Crippen molar-refractivity contribution in [2.45, 2.75) is 33.3 Å². The van der Waals surface area contributed by atoms with Crippen LogP contribution >= 0.6 is 0 Å². The molecule has 0 saturated carbocycles. The van der Waals surface area contributed by atoms with E-state index in [4.69, 9.17) is 0 Å². The normalized spacial score (nSPS) is 14.4. The first-order valence-electron chi connectivity index (χ1n) is 6.01. The van der Waals surface area contributed by atoms with E-state index in [0.29, 0.717) is 5.56 Å². The Balaban J connectivity index is 2.69. The summed E-state index contributed by atoms with van der Waals surface area (Å²) in [5.41, 5.74) is -0.211. The Kier molecular flexibility index (Phi) is 4.46. The number of aryl methyl sites for hydroxylation is 1. The number of benzene rings is 1. The van der Waals surface area contributed by atoms with Gasteiger partial charge in [-0.05, 0) is 37.5 Å². The molecule has 2 N–H and O–H groups in total. The molecule has 18 heavy (non-hydrogen) atoms. The number of nitrogens with one attached hydrogen (secondary N) is 1. The summed E-state index contributed by atoms with van der Waals surface area (Å²) in [5, 5.41) is 12.6. The van der Waals surface area contributed by atoms with Crippen LogP contribution < -0.4 is 5.32 Å². The SMILES string of the molecule is Cc1ccc(C(=O)NCC(C)(O)C(C)C)cc1F. The molecule has 1 aromatic carbocycles. The van der Waals surface area contributed by atoms with Crippen LogP contribution in [0.1, 0.15) is 36.7 Å². The zero-order valence-electron chi connectivity index (χ0n) is 11.2. The smallest absolute Gasteiger partial charge is 0.251 e. The Labute approximate surface area is 107 Å². The fourth-order valence-electron chi connectivity index (χ4n) is 1.30. The molecule has 1 unspecified atom stereocenters. The molecule has 4 heteroatoms. The largest absolute Gasteiger partial charge is 0.388 e. The Morgan fingerprint density at radius 2 is 2.11 bits per heavy atom. The number of halogens is 1. The van der Waals surface area contributed by atoms with E-state index in [0.717, 1.165) is 0 Å². The monoisotopic (exact) mass is 253 g/mol. The predicted molar refractivity (Wildman–Crippen MR) is 68.9 cm³/mol. The van der Waals surface area contributed by atoms with E-state index in [1.807, 2.05) is 13.8 Å². The molecule has 0 fully saturated rings. The third-order valence-electron chi connectivity index (χ3n) is 3.28. The zero-order valence-corrected chi connectivity index (χ0v) is 11.2. The molecule has 3 nitrogen and oxygen atoms in total. The summed E-state index contributed by atoms with van der Waals surface area (Å²) in [6.07, 6.45) is 0. The highest BCUT2D eigenvalue weighted by Gasteiger charge is 2.25. The van der Waals surface area contributed by atoms with Gasteiger partial charge in [0.15, 0.2) is 0 Å². The highest BCUT2D eigenvalue weighted by atomic mass is 19.1. The van der Waals surface area contributed by atoms with Gasteiger partial charge in [0.2, 0.25) is 0 Å². The zero-order chi connectivity index (χ0) is 13.9. The van der Waals surface area contributed by atoms with Crippen LogP contribution in [0.3, 0.4) is 0 Å². The van der Waals surface area contributed by atoms with Gasteiger partial charge in [-0.15, -0.1) is 0 Å². The van der Waals surface area contributed by atoms with Gasteiger partial charge in [0, 0.05) is 12.1 Å². The van der Waals surface area contributed by atoms with Crippen molar-refractivity contribution in [1.29, 1.82) is 0 Å². The van der Waals surface area contributed by atoms with E-state index in [1.54, 1.807) is 26.0 Å². The van der Waals surface area contributed by atoms with Gasteiger partial charge in [0.05, 0.1) is 5.60 Å². The van der Waals surface area contributed by atoms with Gasteiger partial charge < -0.3 is 10.4 Å². The second-order valence-electron chi connectivity index (χ2n) is 5.16. The minimum Gasteiger partial charge on any atom is -0.388 e. The Hall–Kier alpha value is -1.42. The van der Waals surface area contributed by atoms with Crippen LogP contribution in [-0.2, 0) is 0 Å². The number of rotatable bonds is 4. The van der Waals surface area contributed by atoms with Crippen molar-refractivity contribution >= 4 is 5.91 Å². The third-order valence-corrected chi connectivity index (χ3v) is 3.28. The maximum absolute atomic E-state index is 13.3. The summed E-state index contributed by atoms with van der Waals surface area (Å²) in [7, 11) is 0. The molecule has 0 bridgehead atoms. The van der Waals surface area contributed by atoms with Crippen LogP contribution in [-0.4, -0.2) is 23.2 Å². The van der Waals surface area contributed by atoms with Gasteiger partial charge in [-0.1, -0.05) is 19.9 Å². The van der Waals surface area contributed by atoms with Crippen LogP contribution in [0.25, 0.3) is 0 Å². The summed E-state index contributed by atoms with van der Waals surface area (Å²) in [5.74, 6) is -0.763. The van der Waals surface area contributed by atoms with Crippen LogP contribution in [0.15, 0.2) is 18.2 Å². The number of aliphatic hydroxyl groups is 1. The van der Waals surface area contributed by atoms with Gasteiger partial charge in [-0.3, -0.25) is 4.79 Å². The molecular formula is C14H20FNO2. The van der Waals surface area contributed by atoms with Crippen LogP contribution in [0.2, 0.25) is 0 Å². The topological polar surface area (TPSA) is 49.3 Å². The number of carbonyl (C=O) groups is 1. The molecule has 0 aromatic heterocycles. The lowest BCUT2D eigenvalue weighted by atomic mass is 9.92. The second kappa shape index (κ2) is 5.48. The number of hydrogen-bond donors (Lipinski definition) is 2. The molecule has 0 radical (unpaired) electrons. The molecule has 0 spiro atoms. The molecule has 1 amide bonds. The highest BCUT2D eigenvalue weighted by molar-refractivity contribution is 5.94. The summed E-state index contributed by atoms with van der Waals surface area (Å²) in [6.45, 7) is 7.18. The summed E-state index contributed by atoms with van der Waals surface area (Å²) in [4.78, 5) is 11.8. The average Bonchev–Trinajstić information content (AvgIpc) is 2.29. The third kappa shape index (κ3) is 3.53. The quantitative estimate of drug-likeness (QED) is 0.864. The van der Waals surface area contributed by atoms with Gasteiger partial charge in [0.1, 0.15) is 5.82 Å². The maximum atomic E-state index is 13.3. The van der Waals surface area contributed by atoms with Gasteiger partial charge in [-0.25, -0.2) is 4.39 Å². The minimum absolute atomic E-state index is 0.0209. The summed E-state index contributed by atoms with van der Waals surface area (Å²) >= 11 is 0. The molecule has 0 aliphatic heterocycles. The van der Waals surface area contributed by atoms with Gasteiger partial charge in [-0.2, -0.15) is 0 Å². The van der Waals surface area contributed by atoms with Crippen molar-refractivity contribution in [3.05, 3.63) is 35.1 Å². The van der Waals surface area contributed by atoms with E-state index >= 15 is 0 Å². The lowest BCUT2D eigenvalue weighted by molar-refractivity contribution is 0.0142. The Morgan fingerprint density at radius 3 is 2.61 bits per heavy atom. The molecule has 0 aliphatic carbocycles. The minimum atomic E-state index is -0.973. The van der Waals surface area contributed by atoms with E-state index in [1.165, 1.54) is 6.07 Å². The molecule has 0 aliphatic rings. The molecule has 0 heterocycles. The summed E-state index contributed by atoms with van der Waals surface area (Å²) in [6, 6.07) is 4.33. The fraction of sp³-hybridized carbons (Fsp3) is 0.500. The van der Waals surface area contributed by atoms with Gasteiger partial charge >= 0.3 is 0 Å². The van der Waals surface area contributed by atoms with E-state index in [9.17, 15) is 14.3 Å². The average molecular weight is 253 g/mol.